The summed E-state index contributed by atoms with van der Waals surface area (Å²) in [7, 11) is 0. The second-order valence-corrected chi connectivity index (χ2v) is 4.91. The standard InChI is InChI=1S/C14H17N5O/c1-11-9-15-7-8-18(11)14(20)13-10-16-19(17-13)12-5-3-2-4-6-12/h2-6,10-11,15H,7-9H2,1H3/t11-/m0/s1. The summed E-state index contributed by atoms with van der Waals surface area (Å²) in [5.74, 6) is -0.0545. The van der Waals surface area contributed by atoms with E-state index < -0.39 is 0 Å². The van der Waals surface area contributed by atoms with Gasteiger partial charge in [0.05, 0.1) is 11.9 Å². The first-order valence-electron chi connectivity index (χ1n) is 6.75. The molecule has 1 amide bonds. The van der Waals surface area contributed by atoms with Crippen molar-refractivity contribution in [3.8, 4) is 5.69 Å². The molecule has 2 aromatic rings. The molecule has 1 fully saturated rings. The fourth-order valence-electron chi connectivity index (χ4n) is 2.34. The molecule has 6 heteroatoms. The van der Waals surface area contributed by atoms with Crippen LogP contribution in [0.4, 0.5) is 0 Å². The van der Waals surface area contributed by atoms with Crippen LogP contribution in [-0.2, 0) is 0 Å². The highest BCUT2D eigenvalue weighted by molar-refractivity contribution is 5.92. The van der Waals surface area contributed by atoms with Crippen LogP contribution in [-0.4, -0.2) is 51.5 Å². The van der Waals surface area contributed by atoms with E-state index in [0.29, 0.717) is 12.2 Å². The number of nitrogens with one attached hydrogen (secondary N) is 1. The second kappa shape index (κ2) is 5.42. The van der Waals surface area contributed by atoms with Gasteiger partial charge in [-0.3, -0.25) is 4.79 Å². The van der Waals surface area contributed by atoms with Gasteiger partial charge in [-0.05, 0) is 19.1 Å². The molecule has 1 saturated heterocycles. The Morgan fingerprint density at radius 2 is 2.15 bits per heavy atom. The minimum atomic E-state index is -0.0545. The van der Waals surface area contributed by atoms with E-state index in [2.05, 4.69) is 15.5 Å². The van der Waals surface area contributed by atoms with E-state index in [1.54, 1.807) is 0 Å². The Labute approximate surface area is 117 Å². The van der Waals surface area contributed by atoms with Crippen molar-refractivity contribution in [2.45, 2.75) is 13.0 Å². The Bertz CT molecular complexity index is 595. The lowest BCUT2D eigenvalue weighted by Crippen LogP contribution is -2.52. The van der Waals surface area contributed by atoms with Crippen LogP contribution in [0.2, 0.25) is 0 Å². The first-order valence-corrected chi connectivity index (χ1v) is 6.75. The van der Waals surface area contributed by atoms with E-state index in [4.69, 9.17) is 0 Å². The molecule has 1 aliphatic rings. The molecular weight excluding hydrogens is 254 g/mol. The van der Waals surface area contributed by atoms with Crippen molar-refractivity contribution in [3.05, 3.63) is 42.2 Å². The predicted octanol–water partition coefficient (Wildman–Crippen LogP) is 0.701. The first kappa shape index (κ1) is 12.8. The summed E-state index contributed by atoms with van der Waals surface area (Å²) in [6.07, 6.45) is 1.53. The largest absolute Gasteiger partial charge is 0.332 e. The molecule has 0 radical (unpaired) electrons. The first-order chi connectivity index (χ1) is 9.75. The average Bonchev–Trinajstić information content (AvgIpc) is 2.98. The van der Waals surface area contributed by atoms with Crippen LogP contribution in [0.25, 0.3) is 5.69 Å². The molecule has 1 aliphatic heterocycles. The van der Waals surface area contributed by atoms with Crippen LogP contribution in [0.3, 0.4) is 0 Å². The minimum Gasteiger partial charge on any atom is -0.332 e. The zero-order valence-corrected chi connectivity index (χ0v) is 11.4. The lowest BCUT2D eigenvalue weighted by atomic mass is 10.2. The van der Waals surface area contributed by atoms with Gasteiger partial charge in [-0.1, -0.05) is 18.2 Å². The molecule has 1 aromatic heterocycles. The van der Waals surface area contributed by atoms with Crippen LogP contribution in [0.5, 0.6) is 0 Å². The maximum Gasteiger partial charge on any atom is 0.276 e. The Balaban J connectivity index is 1.81. The Kier molecular flexibility index (Phi) is 3.47. The Hall–Kier alpha value is -2.21. The van der Waals surface area contributed by atoms with Crippen LogP contribution in [0, 0.1) is 0 Å². The Morgan fingerprint density at radius 3 is 2.90 bits per heavy atom. The number of carbonyl (C=O) groups excluding carboxylic acids is 1. The van der Waals surface area contributed by atoms with Gasteiger partial charge in [0.2, 0.25) is 0 Å². The molecular formula is C14H17N5O. The van der Waals surface area contributed by atoms with E-state index in [1.807, 2.05) is 42.2 Å². The summed E-state index contributed by atoms with van der Waals surface area (Å²) in [6, 6.07) is 9.75. The van der Waals surface area contributed by atoms with Gasteiger partial charge >= 0.3 is 0 Å². The highest BCUT2D eigenvalue weighted by Gasteiger charge is 2.26. The van der Waals surface area contributed by atoms with Gasteiger partial charge in [0.25, 0.3) is 5.91 Å². The molecule has 2 heterocycles. The van der Waals surface area contributed by atoms with E-state index in [-0.39, 0.29) is 11.9 Å². The summed E-state index contributed by atoms with van der Waals surface area (Å²) >= 11 is 0. The number of benzene rings is 1. The molecule has 104 valence electrons. The van der Waals surface area contributed by atoms with Gasteiger partial charge in [0.15, 0.2) is 5.69 Å². The highest BCUT2D eigenvalue weighted by Crippen LogP contribution is 2.10. The topological polar surface area (TPSA) is 63.1 Å². The lowest BCUT2D eigenvalue weighted by molar-refractivity contribution is 0.0649. The van der Waals surface area contributed by atoms with Crippen molar-refractivity contribution in [1.82, 2.24) is 25.2 Å². The molecule has 0 aliphatic carbocycles. The normalized spacial score (nSPS) is 19.1. The third-order valence-corrected chi connectivity index (χ3v) is 3.46. The van der Waals surface area contributed by atoms with Crippen molar-refractivity contribution < 1.29 is 4.79 Å². The number of carbonyl (C=O) groups is 1. The van der Waals surface area contributed by atoms with Gasteiger partial charge in [0.1, 0.15) is 0 Å². The molecule has 0 bridgehead atoms. The summed E-state index contributed by atoms with van der Waals surface area (Å²) in [6.45, 7) is 4.38. The van der Waals surface area contributed by atoms with Gasteiger partial charge in [-0.15, -0.1) is 5.10 Å². The van der Waals surface area contributed by atoms with Crippen LogP contribution in [0.1, 0.15) is 17.4 Å². The SMILES string of the molecule is C[C@H]1CNCCN1C(=O)c1cnn(-c2ccccc2)n1. The molecule has 0 unspecified atom stereocenters. The molecule has 3 rings (SSSR count). The fourth-order valence-corrected chi connectivity index (χ4v) is 2.34. The van der Waals surface area contributed by atoms with Crippen molar-refractivity contribution in [2.24, 2.45) is 0 Å². The van der Waals surface area contributed by atoms with Crippen molar-refractivity contribution in [2.75, 3.05) is 19.6 Å². The molecule has 0 saturated carbocycles. The number of piperazine rings is 1. The quantitative estimate of drug-likeness (QED) is 0.873. The fraction of sp³-hybridized carbons (Fsp3) is 0.357. The maximum atomic E-state index is 12.4. The van der Waals surface area contributed by atoms with Crippen LogP contribution in [0.15, 0.2) is 36.5 Å². The molecule has 1 N–H and O–H groups in total. The van der Waals surface area contributed by atoms with E-state index in [9.17, 15) is 4.79 Å². The molecule has 0 spiro atoms. The summed E-state index contributed by atoms with van der Waals surface area (Å²) in [5, 5.41) is 11.7. The predicted molar refractivity (Wildman–Crippen MR) is 74.7 cm³/mol. The number of hydrogen-bond acceptors (Lipinski definition) is 4. The van der Waals surface area contributed by atoms with Gasteiger partial charge in [-0.2, -0.15) is 9.90 Å². The summed E-state index contributed by atoms with van der Waals surface area (Å²) < 4.78 is 0. The van der Waals surface area contributed by atoms with E-state index >= 15 is 0 Å². The molecule has 6 nitrogen and oxygen atoms in total. The summed E-state index contributed by atoms with van der Waals surface area (Å²) in [4.78, 5) is 15.8. The lowest BCUT2D eigenvalue weighted by Gasteiger charge is -2.33. The van der Waals surface area contributed by atoms with Gasteiger partial charge in [-0.25, -0.2) is 0 Å². The molecule has 1 aromatic carbocycles. The second-order valence-electron chi connectivity index (χ2n) is 4.91. The van der Waals surface area contributed by atoms with Crippen LogP contribution < -0.4 is 5.32 Å². The summed E-state index contributed by atoms with van der Waals surface area (Å²) in [5.41, 5.74) is 1.24. The van der Waals surface area contributed by atoms with Crippen molar-refractivity contribution in [1.29, 1.82) is 0 Å². The van der Waals surface area contributed by atoms with Gasteiger partial charge in [0, 0.05) is 25.7 Å². The van der Waals surface area contributed by atoms with Crippen LogP contribution >= 0.6 is 0 Å². The third kappa shape index (κ3) is 2.42. The number of para-hydroxylation sites is 1. The molecule has 20 heavy (non-hydrogen) atoms. The number of aromatic nitrogens is 3. The highest BCUT2D eigenvalue weighted by atomic mass is 16.2. The maximum absolute atomic E-state index is 12.4. The Morgan fingerprint density at radius 1 is 1.35 bits per heavy atom. The zero-order valence-electron chi connectivity index (χ0n) is 11.4. The third-order valence-electron chi connectivity index (χ3n) is 3.46. The van der Waals surface area contributed by atoms with Gasteiger partial charge < -0.3 is 10.2 Å². The number of nitrogens with zero attached hydrogens (tertiary/aromatic N) is 4. The van der Waals surface area contributed by atoms with Crippen molar-refractivity contribution in [3.63, 3.8) is 0 Å². The van der Waals surface area contributed by atoms with E-state index in [1.165, 1.54) is 11.0 Å². The average molecular weight is 271 g/mol. The smallest absolute Gasteiger partial charge is 0.276 e. The van der Waals surface area contributed by atoms with E-state index in [0.717, 1.165) is 18.8 Å². The van der Waals surface area contributed by atoms with Crippen molar-refractivity contribution >= 4 is 5.91 Å². The zero-order chi connectivity index (χ0) is 13.9. The number of hydrogen-bond donors (Lipinski definition) is 1. The molecule has 1 atom stereocenters. The minimum absolute atomic E-state index is 0.0545. The number of amides is 1. The monoisotopic (exact) mass is 271 g/mol. The number of rotatable bonds is 2.